The summed E-state index contributed by atoms with van der Waals surface area (Å²) >= 11 is 0. The fourth-order valence-electron chi connectivity index (χ4n) is 8.27. The summed E-state index contributed by atoms with van der Waals surface area (Å²) in [6.07, 6.45) is 1.66. The minimum atomic E-state index is -1.31. The Morgan fingerprint density at radius 3 is 1.54 bits per heavy atom. The number of carbonyl (C=O) groups is 13. The van der Waals surface area contributed by atoms with Crippen LogP contribution in [0.1, 0.15) is 104 Å². The monoisotopic (exact) mass is 1110 g/mol. The van der Waals surface area contributed by atoms with Gasteiger partial charge in [0.05, 0.1) is 6.04 Å². The third-order valence-corrected chi connectivity index (χ3v) is 12.5. The molecule has 3 aromatic rings. The first-order valence-electron chi connectivity index (χ1n) is 25.7. The van der Waals surface area contributed by atoms with Gasteiger partial charge in [-0.15, -0.1) is 0 Å². The number of carbonyl (C=O) groups excluding carboxylic acids is 13. The van der Waals surface area contributed by atoms with Crippen molar-refractivity contribution in [2.75, 3.05) is 30.3 Å². The average Bonchev–Trinajstić information content (AvgIpc) is 3.74. The Bertz CT molecular complexity index is 2610. The van der Waals surface area contributed by atoms with E-state index in [1.54, 1.807) is 76.2 Å². The van der Waals surface area contributed by atoms with E-state index in [1.807, 2.05) is 0 Å². The second kappa shape index (κ2) is 31.8. The molecule has 0 spiro atoms. The lowest BCUT2D eigenvalue weighted by atomic mass is 9.89. The smallest absolute Gasteiger partial charge is 0.312 e. The first-order chi connectivity index (χ1) is 38.1. The van der Waals surface area contributed by atoms with E-state index in [9.17, 15) is 62.3 Å². The van der Waals surface area contributed by atoms with Crippen LogP contribution in [0.2, 0.25) is 0 Å². The maximum atomic E-state index is 14.4. The molecule has 80 heavy (non-hydrogen) atoms. The molecule has 0 aliphatic carbocycles. The summed E-state index contributed by atoms with van der Waals surface area (Å²) in [6, 6.07) is 11.3. The van der Waals surface area contributed by atoms with Gasteiger partial charge in [0.15, 0.2) is 5.78 Å². The lowest BCUT2D eigenvalue weighted by molar-refractivity contribution is -0.137. The first-order valence-corrected chi connectivity index (χ1v) is 25.7. The Morgan fingerprint density at radius 2 is 1.06 bits per heavy atom. The van der Waals surface area contributed by atoms with Crippen LogP contribution in [0.25, 0.3) is 0 Å². The molecule has 428 valence electrons. The molecule has 3 aromatic carbocycles. The molecule has 0 unspecified atom stereocenters. The SMILES string of the molecule is CC(C)[C@H](NC(=O)c1cc(CC(=O)CCN2C(=O)C=CC2=O)cc(C(=O)N[C@H](C(=O)N[C@@H](CCCNC(N)=O)C(=O)Nc2ccc(COC=O)cc2)C(C)C)c1)C(=O)C[C@@H](CCCNC(N)=O)C(=O)Nc1ccc(COC=O)cc1. The molecule has 0 fully saturated rings. The highest BCUT2D eigenvalue weighted by Gasteiger charge is 2.33. The summed E-state index contributed by atoms with van der Waals surface area (Å²) in [5.74, 6) is -8.06. The summed E-state index contributed by atoms with van der Waals surface area (Å²) in [5, 5.41) is 18.5. The van der Waals surface area contributed by atoms with E-state index < -0.39 is 101 Å². The molecule has 11 N–H and O–H groups in total. The van der Waals surface area contributed by atoms with E-state index in [-0.39, 0.29) is 94.5 Å². The van der Waals surface area contributed by atoms with Crippen molar-refractivity contribution in [3.05, 3.63) is 107 Å². The normalized spacial score (nSPS) is 13.2. The summed E-state index contributed by atoms with van der Waals surface area (Å²) in [6.45, 7) is 7.12. The Labute approximate surface area is 461 Å². The lowest BCUT2D eigenvalue weighted by Crippen LogP contribution is -2.54. The van der Waals surface area contributed by atoms with Gasteiger partial charge in [0.1, 0.15) is 31.1 Å². The fourth-order valence-corrected chi connectivity index (χ4v) is 8.27. The number of nitrogens with two attached hydrogens (primary N) is 2. The highest BCUT2D eigenvalue weighted by molar-refractivity contribution is 6.13. The Morgan fingerprint density at radius 1 is 0.588 bits per heavy atom. The molecule has 0 radical (unpaired) electrons. The first kappa shape index (κ1) is 63.2. The predicted molar refractivity (Wildman–Crippen MR) is 288 cm³/mol. The van der Waals surface area contributed by atoms with Crippen LogP contribution in [-0.2, 0) is 72.3 Å². The van der Waals surface area contributed by atoms with Gasteiger partial charge in [-0.1, -0.05) is 52.0 Å². The second-order valence-electron chi connectivity index (χ2n) is 19.4. The number of hydrogen-bond acceptors (Lipinski definition) is 15. The van der Waals surface area contributed by atoms with Crippen molar-refractivity contribution in [3.8, 4) is 0 Å². The van der Waals surface area contributed by atoms with Crippen molar-refractivity contribution >= 4 is 89.3 Å². The van der Waals surface area contributed by atoms with Gasteiger partial charge in [-0.3, -0.25) is 57.6 Å². The number of ketones is 2. The maximum absolute atomic E-state index is 14.4. The van der Waals surface area contributed by atoms with Gasteiger partial charge in [0, 0.05) is 79.5 Å². The number of Topliss-reactive ketones (excluding diaryl/α,β-unsaturated/α-hetero) is 2. The van der Waals surface area contributed by atoms with Crippen LogP contribution in [0, 0.1) is 17.8 Å². The van der Waals surface area contributed by atoms with Crippen molar-refractivity contribution in [2.45, 2.75) is 104 Å². The quantitative estimate of drug-likeness (QED) is 0.0235. The lowest BCUT2D eigenvalue weighted by Gasteiger charge is -2.26. The zero-order valence-electron chi connectivity index (χ0n) is 44.8. The zero-order chi connectivity index (χ0) is 58.9. The van der Waals surface area contributed by atoms with E-state index in [0.717, 1.165) is 17.1 Å². The van der Waals surface area contributed by atoms with Gasteiger partial charge in [0.2, 0.25) is 17.7 Å². The molecule has 0 saturated carbocycles. The van der Waals surface area contributed by atoms with Crippen LogP contribution in [-0.4, -0.2) is 121 Å². The van der Waals surface area contributed by atoms with Crippen molar-refractivity contribution < 1.29 is 71.8 Å². The van der Waals surface area contributed by atoms with Crippen molar-refractivity contribution in [2.24, 2.45) is 29.2 Å². The van der Waals surface area contributed by atoms with E-state index in [4.69, 9.17) is 20.9 Å². The maximum Gasteiger partial charge on any atom is 0.312 e. The van der Waals surface area contributed by atoms with Crippen LogP contribution in [0.15, 0.2) is 78.9 Å². The molecule has 0 bridgehead atoms. The third-order valence-electron chi connectivity index (χ3n) is 12.5. The van der Waals surface area contributed by atoms with Crippen molar-refractivity contribution in [1.29, 1.82) is 0 Å². The van der Waals surface area contributed by atoms with E-state index >= 15 is 0 Å². The van der Waals surface area contributed by atoms with E-state index in [2.05, 4.69) is 37.2 Å². The van der Waals surface area contributed by atoms with Crippen LogP contribution in [0.5, 0.6) is 0 Å². The molecule has 25 nitrogen and oxygen atoms in total. The number of urea groups is 2. The van der Waals surface area contributed by atoms with Gasteiger partial charge < -0.3 is 58.2 Å². The van der Waals surface area contributed by atoms with Gasteiger partial charge in [-0.05, 0) is 96.7 Å². The van der Waals surface area contributed by atoms with Gasteiger partial charge >= 0.3 is 12.1 Å². The number of anilines is 2. The second-order valence-corrected chi connectivity index (χ2v) is 19.4. The van der Waals surface area contributed by atoms with Gasteiger partial charge in [-0.2, -0.15) is 0 Å². The zero-order valence-corrected chi connectivity index (χ0v) is 44.8. The predicted octanol–water partition coefficient (Wildman–Crippen LogP) is 2.20. The van der Waals surface area contributed by atoms with Crippen LogP contribution >= 0.6 is 0 Å². The molecule has 0 aromatic heterocycles. The van der Waals surface area contributed by atoms with Gasteiger partial charge in [-0.25, -0.2) is 9.59 Å². The molecular weight excluding hydrogens is 1040 g/mol. The summed E-state index contributed by atoms with van der Waals surface area (Å²) in [5.41, 5.74) is 12.2. The number of ether oxygens (including phenoxy) is 2. The highest BCUT2D eigenvalue weighted by atomic mass is 16.5. The molecule has 4 atom stereocenters. The van der Waals surface area contributed by atoms with Crippen LogP contribution < -0.4 is 48.7 Å². The largest absolute Gasteiger partial charge is 0.463 e. The highest BCUT2D eigenvalue weighted by Crippen LogP contribution is 2.22. The Kier molecular flexibility index (Phi) is 25.1. The van der Waals surface area contributed by atoms with Crippen molar-refractivity contribution in [1.82, 2.24) is 31.5 Å². The Balaban J connectivity index is 1.61. The number of imide groups is 1. The number of rotatable bonds is 34. The average molecular weight is 1110 g/mol. The summed E-state index contributed by atoms with van der Waals surface area (Å²) in [7, 11) is 0. The van der Waals surface area contributed by atoms with Gasteiger partial charge in [0.25, 0.3) is 36.6 Å². The molecule has 1 aliphatic heterocycles. The van der Waals surface area contributed by atoms with E-state index in [0.29, 0.717) is 35.4 Å². The number of nitrogens with one attached hydrogen (secondary N) is 7. The minimum Gasteiger partial charge on any atom is -0.463 e. The topological polar surface area (TPSA) is 380 Å². The number of amides is 11. The summed E-state index contributed by atoms with van der Waals surface area (Å²) in [4.78, 5) is 167. The molecule has 1 aliphatic rings. The Hall–Kier alpha value is -9.29. The van der Waals surface area contributed by atoms with Crippen LogP contribution in [0.4, 0.5) is 21.0 Å². The van der Waals surface area contributed by atoms with Crippen LogP contribution in [0.3, 0.4) is 0 Å². The number of benzene rings is 3. The minimum absolute atomic E-state index is 0.00146. The molecule has 25 heteroatoms. The molecule has 4 rings (SSSR count). The fraction of sp³-hybridized carbons (Fsp3) is 0.400. The van der Waals surface area contributed by atoms with Crippen molar-refractivity contribution in [3.63, 3.8) is 0 Å². The molecular formula is C55H68N10O15. The molecule has 11 amide bonds. The molecule has 1 heterocycles. The number of nitrogens with zero attached hydrogens (tertiary/aromatic N) is 1. The third kappa shape index (κ3) is 20.9. The summed E-state index contributed by atoms with van der Waals surface area (Å²) < 4.78 is 9.54. The number of hydrogen-bond donors (Lipinski definition) is 9. The molecule has 0 saturated heterocycles. The standard InChI is InChI=1S/C55H68N10O15/c1-32(2)47(44(69)27-37(7-5-20-58-54(56)77)49(72)60-40-13-9-34(10-14-40)28-79-30-66)63-50(73)38-23-36(25-42(68)19-22-65-45(70)17-18-46(65)71)24-39(26-38)51(74)64-48(33(3)4)53(76)62-43(8-6-21-59-55(57)78)52(75)61-41-15-11-35(12-16-41)29-80-31-67/h9-18,23-24,26,30-33,37,43,47-48H,5-8,19-22,25,27-29H2,1-4H3,(H,60,72)(H,61,75)(H,62,76)(H,63,73)(H,64,74)(H3,56,58,77)(H3,57,59,78)/t37-,43+,47+,48+/m1/s1. The number of primary amides is 2. The van der Waals surface area contributed by atoms with E-state index in [1.165, 1.54) is 18.2 Å².